The number of amides is 2. The lowest BCUT2D eigenvalue weighted by Gasteiger charge is -2.27. The first-order valence-corrected chi connectivity index (χ1v) is 9.91. The largest absolute Gasteiger partial charge is 0.350 e. The van der Waals surface area contributed by atoms with Crippen LogP contribution in [0, 0.1) is 5.92 Å². The Morgan fingerprint density at radius 1 is 1.12 bits per heavy atom. The zero-order chi connectivity index (χ0) is 18.5. The van der Waals surface area contributed by atoms with Crippen molar-refractivity contribution < 1.29 is 9.59 Å². The number of nitrogens with zero attached hydrogens (tertiary/aromatic N) is 1. The Bertz CT molecular complexity index is 613. The fraction of sp³-hybridized carbons (Fsp3) is 0.619. The standard InChI is InChI=1S/C21H31N3O2/c1-15(17-8-4-3-5-9-17)24-13-12-19(14-24)23-21(26)20(22-16(2)25)18-10-6-7-11-18/h3-5,8-9,15,18-20H,6-7,10-14H2,1-2H3,(H,22,25)(H,23,26). The van der Waals surface area contributed by atoms with Gasteiger partial charge in [-0.2, -0.15) is 0 Å². The monoisotopic (exact) mass is 357 g/mol. The summed E-state index contributed by atoms with van der Waals surface area (Å²) in [4.78, 5) is 26.8. The molecule has 1 aliphatic carbocycles. The SMILES string of the molecule is CC(=O)NC(C(=O)NC1CCN(C(C)c2ccccc2)C1)C1CCCC1. The molecule has 3 rings (SSSR count). The van der Waals surface area contributed by atoms with Crippen molar-refractivity contribution in [2.24, 2.45) is 5.92 Å². The van der Waals surface area contributed by atoms with Crippen molar-refractivity contribution >= 4 is 11.8 Å². The zero-order valence-electron chi connectivity index (χ0n) is 15.9. The van der Waals surface area contributed by atoms with Crippen LogP contribution >= 0.6 is 0 Å². The van der Waals surface area contributed by atoms with Crippen molar-refractivity contribution in [1.29, 1.82) is 0 Å². The number of hydrogen-bond acceptors (Lipinski definition) is 3. The van der Waals surface area contributed by atoms with Gasteiger partial charge in [-0.1, -0.05) is 43.2 Å². The van der Waals surface area contributed by atoms with Crippen LogP contribution in [0.15, 0.2) is 30.3 Å². The first-order valence-electron chi connectivity index (χ1n) is 9.91. The molecule has 26 heavy (non-hydrogen) atoms. The van der Waals surface area contributed by atoms with Gasteiger partial charge in [-0.25, -0.2) is 0 Å². The van der Waals surface area contributed by atoms with Gasteiger partial charge in [0.1, 0.15) is 6.04 Å². The second-order valence-corrected chi connectivity index (χ2v) is 7.80. The average Bonchev–Trinajstić information content (AvgIpc) is 3.31. The molecular weight excluding hydrogens is 326 g/mol. The number of benzene rings is 1. The van der Waals surface area contributed by atoms with Crippen LogP contribution in [0.1, 0.15) is 57.6 Å². The maximum atomic E-state index is 12.8. The van der Waals surface area contributed by atoms with E-state index in [1.54, 1.807) is 0 Å². The van der Waals surface area contributed by atoms with Gasteiger partial charge in [0, 0.05) is 32.1 Å². The molecule has 1 saturated carbocycles. The number of carbonyl (C=O) groups is 2. The van der Waals surface area contributed by atoms with Gasteiger partial charge in [0.2, 0.25) is 11.8 Å². The fourth-order valence-corrected chi connectivity index (χ4v) is 4.40. The van der Waals surface area contributed by atoms with Crippen LogP contribution in [0.5, 0.6) is 0 Å². The summed E-state index contributed by atoms with van der Waals surface area (Å²) in [7, 11) is 0. The molecule has 5 nitrogen and oxygen atoms in total. The maximum Gasteiger partial charge on any atom is 0.243 e. The molecule has 2 amide bonds. The number of rotatable bonds is 6. The quantitative estimate of drug-likeness (QED) is 0.823. The van der Waals surface area contributed by atoms with Gasteiger partial charge >= 0.3 is 0 Å². The summed E-state index contributed by atoms with van der Waals surface area (Å²) in [5.74, 6) is 0.147. The van der Waals surface area contributed by atoms with E-state index in [0.717, 1.165) is 45.2 Å². The van der Waals surface area contributed by atoms with Crippen LogP contribution in [-0.4, -0.2) is 41.9 Å². The van der Waals surface area contributed by atoms with E-state index < -0.39 is 0 Å². The van der Waals surface area contributed by atoms with Gasteiger partial charge in [0.05, 0.1) is 0 Å². The van der Waals surface area contributed by atoms with Crippen molar-refractivity contribution in [1.82, 2.24) is 15.5 Å². The normalized spacial score (nSPS) is 23.5. The van der Waals surface area contributed by atoms with E-state index in [-0.39, 0.29) is 29.8 Å². The number of hydrogen-bond donors (Lipinski definition) is 2. The van der Waals surface area contributed by atoms with Gasteiger partial charge < -0.3 is 10.6 Å². The molecule has 0 radical (unpaired) electrons. The van der Waals surface area contributed by atoms with Crippen molar-refractivity contribution in [3.63, 3.8) is 0 Å². The van der Waals surface area contributed by atoms with Crippen LogP contribution < -0.4 is 10.6 Å². The van der Waals surface area contributed by atoms with E-state index in [1.165, 1.54) is 12.5 Å². The van der Waals surface area contributed by atoms with Crippen molar-refractivity contribution in [3.05, 3.63) is 35.9 Å². The first kappa shape index (κ1) is 18.9. The maximum absolute atomic E-state index is 12.8. The molecule has 3 atom stereocenters. The summed E-state index contributed by atoms with van der Waals surface area (Å²) >= 11 is 0. The van der Waals surface area contributed by atoms with Crippen molar-refractivity contribution in [2.45, 2.75) is 64.1 Å². The summed E-state index contributed by atoms with van der Waals surface area (Å²) in [5, 5.41) is 6.09. The number of nitrogens with one attached hydrogen (secondary N) is 2. The second-order valence-electron chi connectivity index (χ2n) is 7.80. The summed E-state index contributed by atoms with van der Waals surface area (Å²) < 4.78 is 0. The third-order valence-corrected chi connectivity index (χ3v) is 5.91. The molecule has 0 aromatic heterocycles. The summed E-state index contributed by atoms with van der Waals surface area (Å²) in [5.41, 5.74) is 1.31. The third-order valence-electron chi connectivity index (χ3n) is 5.91. The van der Waals surface area contributed by atoms with E-state index >= 15 is 0 Å². The van der Waals surface area contributed by atoms with Gasteiger partial charge in [0.25, 0.3) is 0 Å². The van der Waals surface area contributed by atoms with E-state index in [0.29, 0.717) is 6.04 Å². The molecule has 2 N–H and O–H groups in total. The molecule has 1 aliphatic heterocycles. The summed E-state index contributed by atoms with van der Waals surface area (Å²) in [6.07, 6.45) is 5.32. The highest BCUT2D eigenvalue weighted by atomic mass is 16.2. The van der Waals surface area contributed by atoms with Gasteiger partial charge in [-0.15, -0.1) is 0 Å². The minimum atomic E-state index is -0.379. The molecular formula is C21H31N3O2. The smallest absolute Gasteiger partial charge is 0.243 e. The highest BCUT2D eigenvalue weighted by Gasteiger charge is 2.34. The van der Waals surface area contributed by atoms with E-state index in [1.807, 2.05) is 6.07 Å². The minimum Gasteiger partial charge on any atom is -0.350 e. The molecule has 5 heteroatoms. The molecule has 1 heterocycles. The second kappa shape index (κ2) is 8.67. The van der Waals surface area contributed by atoms with E-state index in [4.69, 9.17) is 0 Å². The van der Waals surface area contributed by atoms with Crippen molar-refractivity contribution in [3.8, 4) is 0 Å². The lowest BCUT2D eigenvalue weighted by Crippen LogP contribution is -2.52. The van der Waals surface area contributed by atoms with Crippen LogP contribution in [0.2, 0.25) is 0 Å². The van der Waals surface area contributed by atoms with E-state index in [9.17, 15) is 9.59 Å². The first-order chi connectivity index (χ1) is 12.5. The third kappa shape index (κ3) is 4.64. The Hall–Kier alpha value is -1.88. The molecule has 0 bridgehead atoms. The molecule has 2 fully saturated rings. The van der Waals surface area contributed by atoms with Crippen LogP contribution in [-0.2, 0) is 9.59 Å². The predicted molar refractivity (Wildman–Crippen MR) is 103 cm³/mol. The van der Waals surface area contributed by atoms with Crippen LogP contribution in [0.25, 0.3) is 0 Å². The minimum absolute atomic E-state index is 0.00804. The zero-order valence-corrected chi connectivity index (χ0v) is 15.9. The molecule has 1 aromatic rings. The van der Waals surface area contributed by atoms with Crippen molar-refractivity contribution in [2.75, 3.05) is 13.1 Å². The highest BCUT2D eigenvalue weighted by molar-refractivity contribution is 5.87. The molecule has 142 valence electrons. The molecule has 2 aliphatic rings. The number of carbonyl (C=O) groups excluding carboxylic acids is 2. The Morgan fingerprint density at radius 3 is 2.46 bits per heavy atom. The average molecular weight is 357 g/mol. The Morgan fingerprint density at radius 2 is 1.81 bits per heavy atom. The molecule has 0 spiro atoms. The lowest BCUT2D eigenvalue weighted by molar-refractivity contribution is -0.129. The Balaban J connectivity index is 1.56. The molecule has 1 aromatic carbocycles. The Kier molecular flexibility index (Phi) is 6.30. The highest BCUT2D eigenvalue weighted by Crippen LogP contribution is 2.29. The van der Waals surface area contributed by atoms with Crippen LogP contribution in [0.4, 0.5) is 0 Å². The van der Waals surface area contributed by atoms with E-state index in [2.05, 4.69) is 46.7 Å². The topological polar surface area (TPSA) is 61.4 Å². The Labute approximate surface area is 156 Å². The number of likely N-dealkylation sites (tertiary alicyclic amines) is 1. The lowest BCUT2D eigenvalue weighted by atomic mass is 9.97. The van der Waals surface area contributed by atoms with Gasteiger partial charge in [-0.05, 0) is 37.7 Å². The van der Waals surface area contributed by atoms with Gasteiger partial charge in [0.15, 0.2) is 0 Å². The predicted octanol–water partition coefficient (Wildman–Crippen LogP) is 2.63. The van der Waals surface area contributed by atoms with Gasteiger partial charge in [-0.3, -0.25) is 14.5 Å². The summed E-state index contributed by atoms with van der Waals surface area (Å²) in [6, 6.07) is 10.6. The molecule has 1 saturated heterocycles. The fourth-order valence-electron chi connectivity index (χ4n) is 4.40. The molecule has 3 unspecified atom stereocenters. The summed E-state index contributed by atoms with van der Waals surface area (Å²) in [6.45, 7) is 5.56. The van der Waals surface area contributed by atoms with Crippen LogP contribution in [0.3, 0.4) is 0 Å².